The highest BCUT2D eigenvalue weighted by molar-refractivity contribution is 7.17. The number of aromatic nitrogens is 2. The van der Waals surface area contributed by atoms with Crippen molar-refractivity contribution in [3.63, 3.8) is 0 Å². The van der Waals surface area contributed by atoms with E-state index >= 15 is 0 Å². The Morgan fingerprint density at radius 3 is 2.56 bits per heavy atom. The van der Waals surface area contributed by atoms with Gasteiger partial charge in [-0.25, -0.2) is 9.37 Å². The summed E-state index contributed by atoms with van der Waals surface area (Å²) in [6, 6.07) is 6.24. The van der Waals surface area contributed by atoms with Gasteiger partial charge in [0, 0.05) is 36.9 Å². The number of hydrogen-bond acceptors (Lipinski definition) is 6. The first kappa shape index (κ1) is 16.9. The van der Waals surface area contributed by atoms with Crippen molar-refractivity contribution < 1.29 is 13.9 Å². The molecule has 0 saturated carbocycles. The zero-order chi connectivity index (χ0) is 18.4. The van der Waals surface area contributed by atoms with Crippen LogP contribution in [0.4, 0.5) is 10.3 Å². The van der Waals surface area contributed by atoms with Gasteiger partial charge in [0.25, 0.3) is 5.56 Å². The summed E-state index contributed by atoms with van der Waals surface area (Å²) in [4.78, 5) is 22.3. The molecule has 2 aliphatic heterocycles. The lowest BCUT2D eigenvalue weighted by atomic mass is 10.0. The summed E-state index contributed by atoms with van der Waals surface area (Å²) in [6.45, 7) is 2.67. The maximum Gasteiger partial charge on any atom is 0.270 e. The van der Waals surface area contributed by atoms with E-state index in [4.69, 9.17) is 14.5 Å². The molecule has 0 atom stereocenters. The minimum atomic E-state index is -0.470. The summed E-state index contributed by atoms with van der Waals surface area (Å²) in [5.41, 5.74) is 2.19. The molecule has 8 heteroatoms. The Hall–Kier alpha value is -2.29. The number of rotatable bonds is 2. The summed E-state index contributed by atoms with van der Waals surface area (Å²) in [5.74, 6) is -0.201. The third kappa shape index (κ3) is 2.93. The van der Waals surface area contributed by atoms with Gasteiger partial charge in [-0.1, -0.05) is 12.1 Å². The molecule has 0 aliphatic carbocycles. The van der Waals surface area contributed by atoms with Crippen LogP contribution in [0, 0.1) is 5.82 Å². The van der Waals surface area contributed by atoms with Gasteiger partial charge in [0.15, 0.2) is 5.79 Å². The number of nitrogens with one attached hydrogen (secondary N) is 1. The van der Waals surface area contributed by atoms with Crippen LogP contribution in [0.25, 0.3) is 21.3 Å². The second-order valence-corrected chi connectivity index (χ2v) is 7.70. The summed E-state index contributed by atoms with van der Waals surface area (Å²) >= 11 is 1.35. The van der Waals surface area contributed by atoms with Gasteiger partial charge in [-0.3, -0.25) is 9.78 Å². The average molecular weight is 387 g/mol. The summed E-state index contributed by atoms with van der Waals surface area (Å²) in [5, 5.41) is 1.90. The third-order valence-corrected chi connectivity index (χ3v) is 6.18. The first-order valence-corrected chi connectivity index (χ1v) is 9.82. The van der Waals surface area contributed by atoms with Crippen LogP contribution in [0.1, 0.15) is 12.8 Å². The Labute approximate surface area is 158 Å². The number of fused-ring (bicyclic) bond motifs is 1. The summed E-state index contributed by atoms with van der Waals surface area (Å²) < 4.78 is 25.3. The predicted molar refractivity (Wildman–Crippen MR) is 102 cm³/mol. The molecule has 1 spiro atoms. The minimum Gasteiger partial charge on any atom is -0.347 e. The first-order valence-electron chi connectivity index (χ1n) is 8.94. The molecule has 0 amide bonds. The molecule has 6 nitrogen and oxygen atoms in total. The van der Waals surface area contributed by atoms with E-state index in [1.165, 1.54) is 23.5 Å². The average Bonchev–Trinajstić information content (AvgIpc) is 3.31. The number of ether oxygens (including phenoxy) is 2. The van der Waals surface area contributed by atoms with E-state index in [9.17, 15) is 9.18 Å². The van der Waals surface area contributed by atoms with E-state index in [2.05, 4.69) is 9.88 Å². The molecule has 2 saturated heterocycles. The number of anilines is 1. The monoisotopic (exact) mass is 387 g/mol. The molecule has 1 aromatic carbocycles. The van der Waals surface area contributed by atoms with Gasteiger partial charge in [-0.2, -0.15) is 0 Å². The van der Waals surface area contributed by atoms with Crippen molar-refractivity contribution >= 4 is 27.5 Å². The fourth-order valence-corrected chi connectivity index (χ4v) is 4.65. The molecule has 2 aromatic heterocycles. The van der Waals surface area contributed by atoms with Gasteiger partial charge >= 0.3 is 0 Å². The molecule has 4 heterocycles. The highest BCUT2D eigenvalue weighted by Gasteiger charge is 2.40. The first-order chi connectivity index (χ1) is 13.1. The van der Waals surface area contributed by atoms with E-state index in [1.54, 1.807) is 12.1 Å². The lowest BCUT2D eigenvalue weighted by Gasteiger charge is -2.37. The van der Waals surface area contributed by atoms with E-state index in [-0.39, 0.29) is 11.4 Å². The number of piperidine rings is 1. The Bertz CT molecular complexity index is 1030. The Balaban J connectivity index is 1.50. The Morgan fingerprint density at radius 1 is 1.15 bits per heavy atom. The third-order valence-electron chi connectivity index (χ3n) is 5.21. The largest absolute Gasteiger partial charge is 0.347 e. The number of halogens is 1. The zero-order valence-corrected chi connectivity index (χ0v) is 15.4. The van der Waals surface area contributed by atoms with E-state index in [1.807, 2.05) is 5.38 Å². The number of aromatic amines is 1. The smallest absolute Gasteiger partial charge is 0.270 e. The second kappa shape index (κ2) is 6.40. The fraction of sp³-hybridized carbons (Fsp3) is 0.368. The van der Waals surface area contributed by atoms with Crippen molar-refractivity contribution in [2.24, 2.45) is 0 Å². The zero-order valence-electron chi connectivity index (χ0n) is 14.5. The highest BCUT2D eigenvalue weighted by atomic mass is 32.1. The Kier molecular flexibility index (Phi) is 3.99. The van der Waals surface area contributed by atoms with Crippen LogP contribution in [0.2, 0.25) is 0 Å². The molecule has 3 aromatic rings. The molecule has 2 fully saturated rings. The number of thiophene rings is 1. The number of benzene rings is 1. The van der Waals surface area contributed by atoms with Crippen LogP contribution in [0.3, 0.4) is 0 Å². The molecule has 5 rings (SSSR count). The summed E-state index contributed by atoms with van der Waals surface area (Å²) in [7, 11) is 0. The van der Waals surface area contributed by atoms with Crippen LogP contribution >= 0.6 is 11.3 Å². The standard InChI is InChI=1S/C19H18FN3O3S/c20-13-3-1-12(2-4-13)14-11-27-16-15(14)21-18(22-17(16)24)23-7-5-19(6-8-23)25-9-10-26-19/h1-4,11H,5-10H2,(H,21,22,24). The van der Waals surface area contributed by atoms with Gasteiger partial charge in [-0.05, 0) is 17.7 Å². The lowest BCUT2D eigenvalue weighted by molar-refractivity contribution is -0.169. The number of nitrogens with zero attached hydrogens (tertiary/aromatic N) is 2. The van der Waals surface area contributed by atoms with Crippen molar-refractivity contribution in [3.8, 4) is 11.1 Å². The molecular formula is C19H18FN3O3S. The Morgan fingerprint density at radius 2 is 1.85 bits per heavy atom. The van der Waals surface area contributed by atoms with Crippen molar-refractivity contribution in [3.05, 3.63) is 45.8 Å². The number of H-pyrrole nitrogens is 1. The SMILES string of the molecule is O=c1[nH]c(N2CCC3(CC2)OCCO3)nc2c(-c3ccc(F)cc3)csc12. The topological polar surface area (TPSA) is 67.5 Å². The van der Waals surface area contributed by atoms with E-state index in [0.717, 1.165) is 24.0 Å². The number of hydrogen-bond donors (Lipinski definition) is 1. The van der Waals surface area contributed by atoms with E-state index in [0.29, 0.717) is 42.5 Å². The van der Waals surface area contributed by atoms with Gasteiger partial charge in [0.1, 0.15) is 10.5 Å². The van der Waals surface area contributed by atoms with Crippen molar-refractivity contribution in [1.29, 1.82) is 0 Å². The molecule has 0 radical (unpaired) electrons. The van der Waals surface area contributed by atoms with Crippen LogP contribution in [0.5, 0.6) is 0 Å². The van der Waals surface area contributed by atoms with Crippen molar-refractivity contribution in [2.45, 2.75) is 18.6 Å². The maximum atomic E-state index is 13.2. The maximum absolute atomic E-state index is 13.2. The fourth-order valence-electron chi connectivity index (χ4n) is 3.74. The van der Waals surface area contributed by atoms with Crippen molar-refractivity contribution in [2.75, 3.05) is 31.2 Å². The molecule has 140 valence electrons. The van der Waals surface area contributed by atoms with Crippen LogP contribution in [-0.4, -0.2) is 42.1 Å². The molecular weight excluding hydrogens is 369 g/mol. The lowest BCUT2D eigenvalue weighted by Crippen LogP contribution is -2.46. The van der Waals surface area contributed by atoms with Gasteiger partial charge < -0.3 is 14.4 Å². The van der Waals surface area contributed by atoms with Gasteiger partial charge in [0.05, 0.1) is 18.7 Å². The van der Waals surface area contributed by atoms with E-state index < -0.39 is 5.79 Å². The quantitative estimate of drug-likeness (QED) is 0.732. The van der Waals surface area contributed by atoms with Crippen LogP contribution < -0.4 is 10.5 Å². The van der Waals surface area contributed by atoms with Crippen molar-refractivity contribution in [1.82, 2.24) is 9.97 Å². The van der Waals surface area contributed by atoms with Gasteiger partial charge in [-0.15, -0.1) is 11.3 Å². The molecule has 0 unspecified atom stereocenters. The second-order valence-electron chi connectivity index (χ2n) is 6.82. The van der Waals surface area contributed by atoms with Crippen LogP contribution in [-0.2, 0) is 9.47 Å². The molecule has 2 aliphatic rings. The predicted octanol–water partition coefficient (Wildman–Crippen LogP) is 3.13. The minimum absolute atomic E-state index is 0.151. The molecule has 0 bridgehead atoms. The normalized spacial score (nSPS) is 19.2. The van der Waals surface area contributed by atoms with Gasteiger partial charge in [0.2, 0.25) is 5.95 Å². The molecule has 1 N–H and O–H groups in total. The molecule has 27 heavy (non-hydrogen) atoms. The highest BCUT2D eigenvalue weighted by Crippen LogP contribution is 2.34. The summed E-state index contributed by atoms with van der Waals surface area (Å²) in [6.07, 6.45) is 1.48. The van der Waals surface area contributed by atoms with Crippen LogP contribution in [0.15, 0.2) is 34.4 Å².